The zero-order valence-electron chi connectivity index (χ0n) is 14.8. The summed E-state index contributed by atoms with van der Waals surface area (Å²) in [6, 6.07) is 14.5. The van der Waals surface area contributed by atoms with Crippen molar-refractivity contribution in [3.63, 3.8) is 0 Å². The Hall–Kier alpha value is -2.66. The largest absolute Gasteiger partial charge is 0.325 e. The highest BCUT2D eigenvalue weighted by molar-refractivity contribution is 6.04. The van der Waals surface area contributed by atoms with Crippen molar-refractivity contribution in [1.82, 2.24) is 5.32 Å². The van der Waals surface area contributed by atoms with Crippen LogP contribution < -0.4 is 16.0 Å². The van der Waals surface area contributed by atoms with E-state index in [0.29, 0.717) is 23.5 Å². The van der Waals surface area contributed by atoms with Crippen LogP contribution in [0.3, 0.4) is 0 Å². The van der Waals surface area contributed by atoms with Crippen molar-refractivity contribution >= 4 is 23.2 Å². The topological polar surface area (TPSA) is 70.2 Å². The molecule has 0 spiro atoms. The smallest absolute Gasteiger partial charge is 0.255 e. The second kappa shape index (κ2) is 9.59. The van der Waals surface area contributed by atoms with E-state index < -0.39 is 0 Å². The van der Waals surface area contributed by atoms with E-state index in [0.717, 1.165) is 24.9 Å². The molecule has 0 atom stereocenters. The normalized spacial score (nSPS) is 10.3. The zero-order valence-corrected chi connectivity index (χ0v) is 14.8. The maximum atomic E-state index is 12.2. The summed E-state index contributed by atoms with van der Waals surface area (Å²) in [5, 5.41) is 8.77. The molecule has 25 heavy (non-hydrogen) atoms. The second-order valence-electron chi connectivity index (χ2n) is 5.98. The number of hydrogen-bond acceptors (Lipinski definition) is 3. The van der Waals surface area contributed by atoms with Gasteiger partial charge in [0.1, 0.15) is 0 Å². The Morgan fingerprint density at radius 1 is 0.960 bits per heavy atom. The van der Waals surface area contributed by atoms with Crippen LogP contribution in [0.25, 0.3) is 0 Å². The van der Waals surface area contributed by atoms with Crippen molar-refractivity contribution in [1.29, 1.82) is 0 Å². The minimum Gasteiger partial charge on any atom is -0.325 e. The molecule has 2 amide bonds. The van der Waals surface area contributed by atoms with E-state index in [2.05, 4.69) is 22.9 Å². The molecule has 0 saturated heterocycles. The third kappa shape index (κ3) is 6.39. The van der Waals surface area contributed by atoms with Crippen LogP contribution >= 0.6 is 0 Å². The van der Waals surface area contributed by atoms with Gasteiger partial charge in [0.2, 0.25) is 5.91 Å². The van der Waals surface area contributed by atoms with Crippen molar-refractivity contribution in [3.05, 3.63) is 59.7 Å². The number of carbonyl (C=O) groups excluding carboxylic acids is 2. The van der Waals surface area contributed by atoms with Crippen LogP contribution in [-0.2, 0) is 4.79 Å². The van der Waals surface area contributed by atoms with Crippen LogP contribution in [0, 0.1) is 6.92 Å². The molecule has 3 N–H and O–H groups in total. The van der Waals surface area contributed by atoms with Crippen LogP contribution in [0.4, 0.5) is 11.4 Å². The number of benzene rings is 2. The summed E-state index contributed by atoms with van der Waals surface area (Å²) in [4.78, 5) is 24.0. The molecule has 2 rings (SSSR count). The van der Waals surface area contributed by atoms with Crippen molar-refractivity contribution in [2.45, 2.75) is 26.7 Å². The summed E-state index contributed by atoms with van der Waals surface area (Å²) < 4.78 is 0. The van der Waals surface area contributed by atoms with Gasteiger partial charge in [-0.05, 0) is 56.3 Å². The van der Waals surface area contributed by atoms with Gasteiger partial charge in [-0.25, -0.2) is 0 Å². The summed E-state index contributed by atoms with van der Waals surface area (Å²) in [6.07, 6.45) is 2.16. The van der Waals surface area contributed by atoms with Crippen LogP contribution in [-0.4, -0.2) is 24.9 Å². The van der Waals surface area contributed by atoms with Crippen molar-refractivity contribution < 1.29 is 9.59 Å². The van der Waals surface area contributed by atoms with Crippen LogP contribution in [0.5, 0.6) is 0 Å². The molecule has 0 aliphatic carbocycles. The highest BCUT2D eigenvalue weighted by Gasteiger charge is 2.06. The lowest BCUT2D eigenvalue weighted by molar-refractivity contribution is -0.115. The van der Waals surface area contributed by atoms with Gasteiger partial charge < -0.3 is 16.0 Å². The van der Waals surface area contributed by atoms with E-state index in [1.54, 1.807) is 30.3 Å². The average molecular weight is 339 g/mol. The first-order valence-corrected chi connectivity index (χ1v) is 8.57. The van der Waals surface area contributed by atoms with E-state index in [1.807, 2.05) is 25.1 Å². The van der Waals surface area contributed by atoms with E-state index in [4.69, 9.17) is 0 Å². The van der Waals surface area contributed by atoms with Crippen LogP contribution in [0.15, 0.2) is 48.5 Å². The van der Waals surface area contributed by atoms with Gasteiger partial charge in [-0.2, -0.15) is 0 Å². The Kier molecular flexibility index (Phi) is 7.16. The first-order valence-electron chi connectivity index (χ1n) is 8.57. The number of rotatable bonds is 8. The number of nitrogens with one attached hydrogen (secondary N) is 3. The van der Waals surface area contributed by atoms with Gasteiger partial charge in [-0.15, -0.1) is 0 Å². The second-order valence-corrected chi connectivity index (χ2v) is 5.98. The molecule has 0 bridgehead atoms. The molecule has 0 aromatic heterocycles. The quantitative estimate of drug-likeness (QED) is 0.644. The molecule has 0 unspecified atom stereocenters. The maximum Gasteiger partial charge on any atom is 0.255 e. The number of unbranched alkanes of at least 4 members (excludes halogenated alkanes) is 1. The lowest BCUT2D eigenvalue weighted by Gasteiger charge is -2.09. The van der Waals surface area contributed by atoms with Crippen LogP contribution in [0.2, 0.25) is 0 Å². The number of aryl methyl sites for hydroxylation is 1. The Morgan fingerprint density at radius 3 is 2.28 bits per heavy atom. The molecular formula is C20H25N3O2. The molecule has 0 radical (unpaired) electrons. The summed E-state index contributed by atoms with van der Waals surface area (Å²) in [6.45, 7) is 5.20. The summed E-state index contributed by atoms with van der Waals surface area (Å²) in [5.74, 6) is -0.228. The third-order valence-corrected chi connectivity index (χ3v) is 3.70. The summed E-state index contributed by atoms with van der Waals surface area (Å²) >= 11 is 0. The van der Waals surface area contributed by atoms with Crippen molar-refractivity contribution in [2.24, 2.45) is 0 Å². The Morgan fingerprint density at radius 2 is 1.64 bits per heavy atom. The highest BCUT2D eigenvalue weighted by atomic mass is 16.2. The molecule has 5 nitrogen and oxygen atoms in total. The van der Waals surface area contributed by atoms with Crippen LogP contribution in [0.1, 0.15) is 35.7 Å². The first kappa shape index (κ1) is 18.7. The highest BCUT2D eigenvalue weighted by Crippen LogP contribution is 2.15. The van der Waals surface area contributed by atoms with E-state index >= 15 is 0 Å². The number of hydrogen-bond donors (Lipinski definition) is 3. The molecular weight excluding hydrogens is 314 g/mol. The molecule has 2 aromatic carbocycles. The molecule has 0 saturated carbocycles. The SMILES string of the molecule is CCCCNCC(=O)Nc1ccc(NC(=O)c2cccc(C)c2)cc1. The van der Waals surface area contributed by atoms with E-state index in [1.165, 1.54) is 0 Å². The molecule has 2 aromatic rings. The minimum absolute atomic E-state index is 0.0763. The van der Waals surface area contributed by atoms with Gasteiger partial charge in [0.15, 0.2) is 0 Å². The number of carbonyl (C=O) groups is 2. The van der Waals surface area contributed by atoms with E-state index in [-0.39, 0.29) is 11.8 Å². The Bertz CT molecular complexity index is 711. The predicted molar refractivity (Wildman–Crippen MR) is 102 cm³/mol. The fraction of sp³-hybridized carbons (Fsp3) is 0.300. The first-order chi connectivity index (χ1) is 12.1. The maximum absolute atomic E-state index is 12.2. The van der Waals surface area contributed by atoms with Gasteiger partial charge >= 0.3 is 0 Å². The minimum atomic E-state index is -0.152. The van der Waals surface area contributed by atoms with Gasteiger partial charge in [-0.3, -0.25) is 9.59 Å². The van der Waals surface area contributed by atoms with Gasteiger partial charge in [0, 0.05) is 16.9 Å². The van der Waals surface area contributed by atoms with E-state index in [9.17, 15) is 9.59 Å². The Balaban J connectivity index is 1.85. The average Bonchev–Trinajstić information content (AvgIpc) is 2.60. The number of anilines is 2. The summed E-state index contributed by atoms with van der Waals surface area (Å²) in [5.41, 5.74) is 3.05. The van der Waals surface area contributed by atoms with Crippen molar-refractivity contribution in [3.8, 4) is 0 Å². The molecule has 0 aliphatic heterocycles. The molecule has 0 aliphatic rings. The standard InChI is InChI=1S/C20H25N3O2/c1-3-4-12-21-14-19(24)22-17-8-10-18(11-9-17)23-20(25)16-7-5-6-15(2)13-16/h5-11,13,21H,3-4,12,14H2,1-2H3,(H,22,24)(H,23,25). The fourth-order valence-electron chi connectivity index (χ4n) is 2.34. The lowest BCUT2D eigenvalue weighted by Crippen LogP contribution is -2.28. The summed E-state index contributed by atoms with van der Waals surface area (Å²) in [7, 11) is 0. The number of amides is 2. The predicted octanol–water partition coefficient (Wildman–Crippen LogP) is 3.58. The Labute approximate surface area is 148 Å². The fourth-order valence-corrected chi connectivity index (χ4v) is 2.34. The van der Waals surface area contributed by atoms with Gasteiger partial charge in [-0.1, -0.05) is 31.0 Å². The third-order valence-electron chi connectivity index (χ3n) is 3.70. The lowest BCUT2D eigenvalue weighted by atomic mass is 10.1. The molecule has 132 valence electrons. The molecule has 5 heteroatoms. The van der Waals surface area contributed by atoms with Gasteiger partial charge in [0.05, 0.1) is 6.54 Å². The molecule has 0 heterocycles. The molecule has 0 fully saturated rings. The zero-order chi connectivity index (χ0) is 18.1. The van der Waals surface area contributed by atoms with Crippen molar-refractivity contribution in [2.75, 3.05) is 23.7 Å². The van der Waals surface area contributed by atoms with Gasteiger partial charge in [0.25, 0.3) is 5.91 Å². The monoisotopic (exact) mass is 339 g/mol.